The summed E-state index contributed by atoms with van der Waals surface area (Å²) in [7, 11) is 4.40. The van der Waals surface area contributed by atoms with E-state index in [1.54, 1.807) is 0 Å². The third-order valence-electron chi connectivity index (χ3n) is 5.19. The van der Waals surface area contributed by atoms with E-state index in [0.29, 0.717) is 17.0 Å². The average molecular weight is 240 g/mol. The molecule has 1 N–H and O–H groups in total. The smallest absolute Gasteiger partial charge is 0.0156 e. The summed E-state index contributed by atoms with van der Waals surface area (Å²) in [6.07, 6.45) is 3.93. The molecule has 2 heteroatoms. The van der Waals surface area contributed by atoms with Gasteiger partial charge < -0.3 is 10.2 Å². The minimum atomic E-state index is 0.324. The summed E-state index contributed by atoms with van der Waals surface area (Å²) in [6.45, 7) is 13.0. The van der Waals surface area contributed by atoms with Gasteiger partial charge in [0.05, 0.1) is 0 Å². The maximum absolute atomic E-state index is 3.55. The van der Waals surface area contributed by atoms with Crippen molar-refractivity contribution >= 4 is 0 Å². The molecule has 0 aromatic rings. The van der Waals surface area contributed by atoms with Crippen molar-refractivity contribution in [3.63, 3.8) is 0 Å². The third kappa shape index (κ3) is 3.23. The Hall–Kier alpha value is -0.0800. The Bertz CT molecular complexity index is 245. The second-order valence-corrected chi connectivity index (χ2v) is 7.10. The van der Waals surface area contributed by atoms with E-state index in [0.717, 1.165) is 5.92 Å². The van der Waals surface area contributed by atoms with E-state index < -0.39 is 0 Å². The zero-order valence-corrected chi connectivity index (χ0v) is 12.9. The van der Waals surface area contributed by atoms with Gasteiger partial charge in [-0.1, -0.05) is 20.8 Å². The van der Waals surface area contributed by atoms with Gasteiger partial charge in [-0.25, -0.2) is 0 Å². The van der Waals surface area contributed by atoms with Gasteiger partial charge in [0.1, 0.15) is 0 Å². The predicted molar refractivity (Wildman–Crippen MR) is 76.4 cm³/mol. The van der Waals surface area contributed by atoms with Crippen LogP contribution in [0.4, 0.5) is 0 Å². The highest BCUT2D eigenvalue weighted by molar-refractivity contribution is 4.97. The average Bonchev–Trinajstić information content (AvgIpc) is 2.53. The standard InChI is InChI=1S/C15H32N2/c1-8-15(4,5)17(7)11-12-9-10-14(2,3)13(12)16-6/h12-13,16H,8-11H2,1-7H3. The Morgan fingerprint density at radius 3 is 2.41 bits per heavy atom. The minimum absolute atomic E-state index is 0.324. The number of nitrogens with one attached hydrogen (secondary N) is 1. The first-order chi connectivity index (χ1) is 7.74. The summed E-state index contributed by atoms with van der Waals surface area (Å²) in [4.78, 5) is 2.55. The Morgan fingerprint density at radius 2 is 1.94 bits per heavy atom. The van der Waals surface area contributed by atoms with Gasteiger partial charge in [-0.3, -0.25) is 0 Å². The molecule has 0 radical (unpaired) electrons. The van der Waals surface area contributed by atoms with Crippen molar-refractivity contribution < 1.29 is 0 Å². The molecule has 1 aliphatic carbocycles. The molecule has 2 atom stereocenters. The molecule has 17 heavy (non-hydrogen) atoms. The molecule has 2 unspecified atom stereocenters. The van der Waals surface area contributed by atoms with E-state index >= 15 is 0 Å². The molecule has 1 saturated carbocycles. The van der Waals surface area contributed by atoms with Crippen LogP contribution in [0.1, 0.15) is 53.9 Å². The lowest BCUT2D eigenvalue weighted by molar-refractivity contribution is 0.114. The van der Waals surface area contributed by atoms with Crippen molar-refractivity contribution in [1.82, 2.24) is 10.2 Å². The van der Waals surface area contributed by atoms with Crippen molar-refractivity contribution in [2.75, 3.05) is 20.6 Å². The lowest BCUT2D eigenvalue weighted by atomic mass is 9.84. The van der Waals surface area contributed by atoms with Gasteiger partial charge in [-0.2, -0.15) is 0 Å². The fourth-order valence-corrected chi connectivity index (χ4v) is 3.21. The molecule has 1 aliphatic rings. The Balaban J connectivity index is 2.64. The van der Waals surface area contributed by atoms with E-state index in [-0.39, 0.29) is 0 Å². The van der Waals surface area contributed by atoms with Crippen molar-refractivity contribution in [3.05, 3.63) is 0 Å². The van der Waals surface area contributed by atoms with E-state index in [4.69, 9.17) is 0 Å². The fraction of sp³-hybridized carbons (Fsp3) is 1.00. The summed E-state index contributed by atoms with van der Waals surface area (Å²) >= 11 is 0. The summed E-state index contributed by atoms with van der Waals surface area (Å²) in [5.41, 5.74) is 0.779. The van der Waals surface area contributed by atoms with E-state index in [1.165, 1.54) is 25.8 Å². The van der Waals surface area contributed by atoms with Crippen molar-refractivity contribution in [2.45, 2.75) is 65.5 Å². The van der Waals surface area contributed by atoms with Crippen LogP contribution in [-0.2, 0) is 0 Å². The molecule has 0 heterocycles. The van der Waals surface area contributed by atoms with Crippen LogP contribution in [0, 0.1) is 11.3 Å². The quantitative estimate of drug-likeness (QED) is 0.794. The molecule has 2 nitrogen and oxygen atoms in total. The first kappa shape index (κ1) is 15.0. The summed E-state index contributed by atoms with van der Waals surface area (Å²) in [5.74, 6) is 0.797. The number of hydrogen-bond donors (Lipinski definition) is 1. The molecule has 0 amide bonds. The van der Waals surface area contributed by atoms with Gasteiger partial charge in [0.25, 0.3) is 0 Å². The fourth-order valence-electron chi connectivity index (χ4n) is 3.21. The van der Waals surface area contributed by atoms with Crippen LogP contribution in [0.15, 0.2) is 0 Å². The van der Waals surface area contributed by atoms with Crippen molar-refractivity contribution in [3.8, 4) is 0 Å². The monoisotopic (exact) mass is 240 g/mol. The number of nitrogens with zero attached hydrogens (tertiary/aromatic N) is 1. The highest BCUT2D eigenvalue weighted by Gasteiger charge is 2.41. The van der Waals surface area contributed by atoms with Crippen LogP contribution >= 0.6 is 0 Å². The molecule has 0 aliphatic heterocycles. The van der Waals surface area contributed by atoms with E-state index in [9.17, 15) is 0 Å². The lowest BCUT2D eigenvalue weighted by Crippen LogP contribution is -2.48. The normalized spacial score (nSPS) is 28.9. The summed E-state index contributed by atoms with van der Waals surface area (Å²) < 4.78 is 0. The predicted octanol–water partition coefficient (Wildman–Crippen LogP) is 3.13. The zero-order valence-electron chi connectivity index (χ0n) is 12.9. The first-order valence-corrected chi connectivity index (χ1v) is 7.13. The molecular formula is C15H32N2. The van der Waals surface area contributed by atoms with Crippen LogP contribution in [0.3, 0.4) is 0 Å². The van der Waals surface area contributed by atoms with Gasteiger partial charge >= 0.3 is 0 Å². The topological polar surface area (TPSA) is 15.3 Å². The third-order valence-corrected chi connectivity index (χ3v) is 5.19. The Kier molecular flexibility index (Phi) is 4.65. The molecule has 1 rings (SSSR count). The zero-order chi connectivity index (χ0) is 13.3. The van der Waals surface area contributed by atoms with E-state index in [2.05, 4.69) is 58.9 Å². The molecule has 102 valence electrons. The molecule has 0 aromatic carbocycles. The van der Waals surface area contributed by atoms with Crippen molar-refractivity contribution in [2.24, 2.45) is 11.3 Å². The second-order valence-electron chi connectivity index (χ2n) is 7.10. The molecule has 1 fully saturated rings. The highest BCUT2D eigenvalue weighted by atomic mass is 15.2. The second kappa shape index (κ2) is 5.27. The minimum Gasteiger partial charge on any atom is -0.316 e. The molecule has 0 aromatic heterocycles. The van der Waals surface area contributed by atoms with Crippen LogP contribution in [0.5, 0.6) is 0 Å². The molecule has 0 bridgehead atoms. The summed E-state index contributed by atoms with van der Waals surface area (Å²) in [6, 6.07) is 0.664. The van der Waals surface area contributed by atoms with E-state index in [1.807, 2.05) is 0 Å². The Morgan fingerprint density at radius 1 is 1.35 bits per heavy atom. The van der Waals surface area contributed by atoms with Crippen molar-refractivity contribution in [1.29, 1.82) is 0 Å². The molecule has 0 spiro atoms. The lowest BCUT2D eigenvalue weighted by Gasteiger charge is -2.39. The number of hydrogen-bond acceptors (Lipinski definition) is 2. The Labute approximate surface area is 108 Å². The maximum Gasteiger partial charge on any atom is 0.0156 e. The largest absolute Gasteiger partial charge is 0.316 e. The highest BCUT2D eigenvalue weighted by Crippen LogP contribution is 2.41. The molecular weight excluding hydrogens is 208 g/mol. The first-order valence-electron chi connectivity index (χ1n) is 7.13. The van der Waals surface area contributed by atoms with Crippen LogP contribution in [0.25, 0.3) is 0 Å². The molecule has 0 saturated heterocycles. The summed E-state index contributed by atoms with van der Waals surface area (Å²) in [5, 5.41) is 3.55. The van der Waals surface area contributed by atoms with Gasteiger partial charge in [-0.15, -0.1) is 0 Å². The van der Waals surface area contributed by atoms with Crippen LogP contribution < -0.4 is 5.32 Å². The maximum atomic E-state index is 3.55. The van der Waals surface area contributed by atoms with Crippen LogP contribution in [-0.4, -0.2) is 37.1 Å². The van der Waals surface area contributed by atoms with Gasteiger partial charge in [0.2, 0.25) is 0 Å². The van der Waals surface area contributed by atoms with Gasteiger partial charge in [-0.05, 0) is 58.5 Å². The van der Waals surface area contributed by atoms with Crippen LogP contribution in [0.2, 0.25) is 0 Å². The number of rotatable bonds is 5. The van der Waals surface area contributed by atoms with Gasteiger partial charge in [0, 0.05) is 18.1 Å². The van der Waals surface area contributed by atoms with Gasteiger partial charge in [0.15, 0.2) is 0 Å². The SMILES string of the molecule is CCC(C)(C)N(C)CC1CCC(C)(C)C1NC.